The molecule has 1 N–H and O–H groups in total. The molecule has 0 amide bonds. The SMILES string of the molecule is C=CC(C)CCCC(C)(C)CCC(=O)O. The lowest BCUT2D eigenvalue weighted by Crippen LogP contribution is -2.13. The van der Waals surface area contributed by atoms with Gasteiger partial charge in [-0.05, 0) is 30.6 Å². The fraction of sp³-hybridized carbons (Fsp3) is 0.769. The second kappa shape index (κ2) is 6.65. The first-order chi connectivity index (χ1) is 6.87. The maximum Gasteiger partial charge on any atom is 0.303 e. The Morgan fingerprint density at radius 2 is 2.07 bits per heavy atom. The molecule has 2 heteroatoms. The van der Waals surface area contributed by atoms with Crippen molar-refractivity contribution in [2.75, 3.05) is 0 Å². The summed E-state index contributed by atoms with van der Waals surface area (Å²) in [6.07, 6.45) is 6.43. The zero-order chi connectivity index (χ0) is 11.9. The highest BCUT2D eigenvalue weighted by atomic mass is 16.4. The molecule has 0 spiro atoms. The molecule has 0 aromatic carbocycles. The summed E-state index contributed by atoms with van der Waals surface area (Å²) in [5, 5.41) is 8.62. The van der Waals surface area contributed by atoms with Crippen molar-refractivity contribution in [2.24, 2.45) is 11.3 Å². The summed E-state index contributed by atoms with van der Waals surface area (Å²) >= 11 is 0. The van der Waals surface area contributed by atoms with Gasteiger partial charge in [0.05, 0.1) is 0 Å². The Kier molecular flexibility index (Phi) is 6.30. The Morgan fingerprint density at radius 1 is 1.47 bits per heavy atom. The van der Waals surface area contributed by atoms with E-state index < -0.39 is 5.97 Å². The predicted octanol–water partition coefficient (Wildman–Crippen LogP) is 3.87. The topological polar surface area (TPSA) is 37.3 Å². The summed E-state index contributed by atoms with van der Waals surface area (Å²) in [6, 6.07) is 0. The first kappa shape index (κ1) is 14.2. The molecule has 0 aliphatic heterocycles. The fourth-order valence-electron chi connectivity index (χ4n) is 1.59. The van der Waals surface area contributed by atoms with Crippen molar-refractivity contribution in [1.82, 2.24) is 0 Å². The van der Waals surface area contributed by atoms with Gasteiger partial charge in [0.15, 0.2) is 0 Å². The molecule has 0 saturated heterocycles. The molecular weight excluding hydrogens is 188 g/mol. The van der Waals surface area contributed by atoms with Gasteiger partial charge in [-0.1, -0.05) is 33.3 Å². The largest absolute Gasteiger partial charge is 0.481 e. The van der Waals surface area contributed by atoms with Crippen LogP contribution in [0.3, 0.4) is 0 Å². The van der Waals surface area contributed by atoms with Crippen molar-refractivity contribution in [2.45, 2.75) is 52.9 Å². The number of carboxylic acid groups (broad SMARTS) is 1. The second-order valence-corrected chi connectivity index (χ2v) is 5.16. The van der Waals surface area contributed by atoms with Gasteiger partial charge in [0.2, 0.25) is 0 Å². The van der Waals surface area contributed by atoms with Crippen molar-refractivity contribution in [1.29, 1.82) is 0 Å². The number of rotatable bonds is 8. The average Bonchev–Trinajstić information content (AvgIpc) is 2.14. The summed E-state index contributed by atoms with van der Waals surface area (Å²) in [6.45, 7) is 10.2. The van der Waals surface area contributed by atoms with Crippen LogP contribution in [0.15, 0.2) is 12.7 Å². The average molecular weight is 212 g/mol. The first-order valence-corrected chi connectivity index (χ1v) is 5.72. The van der Waals surface area contributed by atoms with Gasteiger partial charge in [-0.15, -0.1) is 6.58 Å². The van der Waals surface area contributed by atoms with Crippen molar-refractivity contribution >= 4 is 5.97 Å². The third-order valence-corrected chi connectivity index (χ3v) is 2.93. The summed E-state index contributed by atoms with van der Waals surface area (Å²) in [4.78, 5) is 10.5. The van der Waals surface area contributed by atoms with Gasteiger partial charge in [0, 0.05) is 6.42 Å². The fourth-order valence-corrected chi connectivity index (χ4v) is 1.59. The van der Waals surface area contributed by atoms with Crippen LogP contribution >= 0.6 is 0 Å². The van der Waals surface area contributed by atoms with E-state index in [1.54, 1.807) is 0 Å². The third kappa shape index (κ3) is 8.22. The smallest absolute Gasteiger partial charge is 0.303 e. The number of allylic oxidation sites excluding steroid dienone is 1. The normalized spacial score (nSPS) is 13.5. The van der Waals surface area contributed by atoms with E-state index in [2.05, 4.69) is 27.4 Å². The molecule has 0 rings (SSSR count). The van der Waals surface area contributed by atoms with Crippen LogP contribution in [0.2, 0.25) is 0 Å². The summed E-state index contributed by atoms with van der Waals surface area (Å²) in [5.74, 6) is -0.122. The molecule has 15 heavy (non-hydrogen) atoms. The van der Waals surface area contributed by atoms with E-state index in [1.807, 2.05) is 6.08 Å². The Morgan fingerprint density at radius 3 is 2.53 bits per heavy atom. The van der Waals surface area contributed by atoms with Crippen LogP contribution in [-0.4, -0.2) is 11.1 Å². The minimum Gasteiger partial charge on any atom is -0.481 e. The Balaban J connectivity index is 3.73. The quantitative estimate of drug-likeness (QED) is 0.620. The molecular formula is C13H24O2. The lowest BCUT2D eigenvalue weighted by molar-refractivity contribution is -0.137. The van der Waals surface area contributed by atoms with E-state index in [4.69, 9.17) is 5.11 Å². The van der Waals surface area contributed by atoms with Crippen LogP contribution in [0.25, 0.3) is 0 Å². The lowest BCUT2D eigenvalue weighted by atomic mass is 9.82. The van der Waals surface area contributed by atoms with E-state index in [9.17, 15) is 4.79 Å². The minimum atomic E-state index is -0.692. The number of carboxylic acids is 1. The van der Waals surface area contributed by atoms with Gasteiger partial charge in [0.1, 0.15) is 0 Å². The van der Waals surface area contributed by atoms with E-state index in [0.29, 0.717) is 5.92 Å². The van der Waals surface area contributed by atoms with E-state index >= 15 is 0 Å². The van der Waals surface area contributed by atoms with Gasteiger partial charge in [-0.2, -0.15) is 0 Å². The van der Waals surface area contributed by atoms with Crippen molar-refractivity contribution in [3.8, 4) is 0 Å². The van der Waals surface area contributed by atoms with Gasteiger partial charge in [0.25, 0.3) is 0 Å². The lowest BCUT2D eigenvalue weighted by Gasteiger charge is -2.24. The van der Waals surface area contributed by atoms with Crippen molar-refractivity contribution in [3.05, 3.63) is 12.7 Å². The van der Waals surface area contributed by atoms with Crippen LogP contribution in [0.4, 0.5) is 0 Å². The van der Waals surface area contributed by atoms with Gasteiger partial charge < -0.3 is 5.11 Å². The highest BCUT2D eigenvalue weighted by Crippen LogP contribution is 2.29. The molecule has 0 aromatic rings. The molecule has 88 valence electrons. The van der Waals surface area contributed by atoms with Gasteiger partial charge >= 0.3 is 5.97 Å². The van der Waals surface area contributed by atoms with Crippen molar-refractivity contribution in [3.63, 3.8) is 0 Å². The number of hydrogen-bond acceptors (Lipinski definition) is 1. The van der Waals surface area contributed by atoms with Crippen LogP contribution < -0.4 is 0 Å². The molecule has 0 aliphatic rings. The monoisotopic (exact) mass is 212 g/mol. The summed E-state index contributed by atoms with van der Waals surface area (Å²) < 4.78 is 0. The highest BCUT2D eigenvalue weighted by molar-refractivity contribution is 5.66. The Bertz CT molecular complexity index is 207. The maximum absolute atomic E-state index is 10.5. The van der Waals surface area contributed by atoms with Gasteiger partial charge in [-0.3, -0.25) is 4.79 Å². The Hall–Kier alpha value is -0.790. The molecule has 0 bridgehead atoms. The van der Waals surface area contributed by atoms with E-state index in [0.717, 1.165) is 25.7 Å². The standard InChI is InChI=1S/C13H24O2/c1-5-11(2)7-6-9-13(3,4)10-8-12(14)15/h5,11H,1,6-10H2,2-4H3,(H,14,15). The predicted molar refractivity (Wildman–Crippen MR) is 63.9 cm³/mol. The maximum atomic E-state index is 10.5. The van der Waals surface area contributed by atoms with Crippen LogP contribution in [0.1, 0.15) is 52.9 Å². The minimum absolute atomic E-state index is 0.152. The summed E-state index contributed by atoms with van der Waals surface area (Å²) in [7, 11) is 0. The molecule has 0 fully saturated rings. The van der Waals surface area contributed by atoms with Gasteiger partial charge in [-0.25, -0.2) is 0 Å². The number of hydrogen-bond donors (Lipinski definition) is 1. The van der Waals surface area contributed by atoms with E-state index in [1.165, 1.54) is 0 Å². The zero-order valence-electron chi connectivity index (χ0n) is 10.3. The first-order valence-electron chi connectivity index (χ1n) is 5.72. The highest BCUT2D eigenvalue weighted by Gasteiger charge is 2.18. The van der Waals surface area contributed by atoms with Crippen LogP contribution in [-0.2, 0) is 4.79 Å². The molecule has 0 saturated carbocycles. The molecule has 0 heterocycles. The number of aliphatic carboxylic acids is 1. The van der Waals surface area contributed by atoms with E-state index in [-0.39, 0.29) is 11.8 Å². The molecule has 2 nitrogen and oxygen atoms in total. The van der Waals surface area contributed by atoms with Crippen molar-refractivity contribution < 1.29 is 9.90 Å². The number of carbonyl (C=O) groups is 1. The van der Waals surface area contributed by atoms with Crippen LogP contribution in [0, 0.1) is 11.3 Å². The van der Waals surface area contributed by atoms with Crippen LogP contribution in [0.5, 0.6) is 0 Å². The third-order valence-electron chi connectivity index (χ3n) is 2.93. The Labute approximate surface area is 93.4 Å². The molecule has 0 aliphatic carbocycles. The molecule has 1 atom stereocenters. The molecule has 0 radical (unpaired) electrons. The zero-order valence-corrected chi connectivity index (χ0v) is 10.3. The summed E-state index contributed by atoms with van der Waals surface area (Å²) in [5.41, 5.74) is 0.152. The molecule has 1 unspecified atom stereocenters. The molecule has 0 aromatic heterocycles. The second-order valence-electron chi connectivity index (χ2n) is 5.16.